The number of esters is 1. The normalized spacial score (nSPS) is 14.5. The van der Waals surface area contributed by atoms with E-state index in [1.165, 1.54) is 18.2 Å². The first-order valence-electron chi connectivity index (χ1n) is 8.52. The summed E-state index contributed by atoms with van der Waals surface area (Å²) in [5.41, 5.74) is 0.717. The largest absolute Gasteiger partial charge is 0.444 e. The Morgan fingerprint density at radius 2 is 1.78 bits per heavy atom. The Bertz CT molecular complexity index is 875. The van der Waals surface area contributed by atoms with Gasteiger partial charge in [-0.25, -0.2) is 4.79 Å². The first-order chi connectivity index (χ1) is 13.0. The van der Waals surface area contributed by atoms with E-state index in [1.54, 1.807) is 42.5 Å². The lowest BCUT2D eigenvalue weighted by Gasteiger charge is -2.17. The van der Waals surface area contributed by atoms with E-state index in [9.17, 15) is 19.7 Å². The molecule has 0 spiro atoms. The van der Waals surface area contributed by atoms with Crippen molar-refractivity contribution in [3.63, 3.8) is 0 Å². The molecule has 7 nitrogen and oxygen atoms in total. The number of ether oxygens (including phenoxy) is 1. The molecule has 2 aromatic rings. The number of hydrogen-bond acceptors (Lipinski definition) is 5. The summed E-state index contributed by atoms with van der Waals surface area (Å²) < 4.78 is 5.34. The Hall–Kier alpha value is -3.48. The third-order valence-electron chi connectivity index (χ3n) is 4.03. The average molecular weight is 366 g/mol. The molecule has 1 amide bonds. The van der Waals surface area contributed by atoms with Crippen molar-refractivity contribution in [3.05, 3.63) is 81.9 Å². The lowest BCUT2D eigenvalue weighted by Crippen LogP contribution is -2.33. The molecule has 0 aliphatic heterocycles. The van der Waals surface area contributed by atoms with Crippen LogP contribution in [-0.2, 0) is 14.3 Å². The molecule has 1 aliphatic rings. The molecule has 1 unspecified atom stereocenters. The van der Waals surface area contributed by atoms with Gasteiger partial charge in [-0.3, -0.25) is 14.9 Å². The Morgan fingerprint density at radius 3 is 2.44 bits per heavy atom. The van der Waals surface area contributed by atoms with E-state index >= 15 is 0 Å². The smallest absolute Gasteiger partial charge is 0.331 e. The van der Waals surface area contributed by atoms with Crippen molar-refractivity contribution in [2.24, 2.45) is 0 Å². The molecule has 1 aliphatic carbocycles. The second-order valence-electron chi connectivity index (χ2n) is 6.16. The van der Waals surface area contributed by atoms with E-state index in [1.807, 2.05) is 0 Å². The van der Waals surface area contributed by atoms with Crippen molar-refractivity contribution < 1.29 is 19.2 Å². The highest BCUT2D eigenvalue weighted by atomic mass is 16.6. The molecule has 1 saturated carbocycles. The SMILES string of the molecule is O=C(/C=C/c1ccccc1[N+](=O)[O-])OC(C(=O)NC1CC1)c1ccccc1. The molecule has 138 valence electrons. The summed E-state index contributed by atoms with van der Waals surface area (Å²) in [5.74, 6) is -1.14. The van der Waals surface area contributed by atoms with Gasteiger partial charge in [-0.1, -0.05) is 42.5 Å². The summed E-state index contributed by atoms with van der Waals surface area (Å²) in [7, 11) is 0. The minimum Gasteiger partial charge on any atom is -0.444 e. The lowest BCUT2D eigenvalue weighted by atomic mass is 10.1. The van der Waals surface area contributed by atoms with E-state index in [-0.39, 0.29) is 23.2 Å². The zero-order chi connectivity index (χ0) is 19.2. The molecule has 1 N–H and O–H groups in total. The summed E-state index contributed by atoms with van der Waals surface area (Å²) in [6, 6.07) is 14.9. The maximum absolute atomic E-state index is 12.4. The fourth-order valence-electron chi connectivity index (χ4n) is 2.51. The molecule has 1 atom stereocenters. The third-order valence-corrected chi connectivity index (χ3v) is 4.03. The molecule has 0 saturated heterocycles. The fraction of sp³-hybridized carbons (Fsp3) is 0.200. The van der Waals surface area contributed by atoms with Crippen molar-refractivity contribution in [1.29, 1.82) is 0 Å². The Balaban J connectivity index is 1.74. The molecule has 0 aromatic heterocycles. The number of amides is 1. The van der Waals surface area contributed by atoms with Crippen molar-refractivity contribution in [1.82, 2.24) is 5.32 Å². The minimum atomic E-state index is -1.07. The van der Waals surface area contributed by atoms with Gasteiger partial charge in [0, 0.05) is 23.7 Å². The van der Waals surface area contributed by atoms with Crippen molar-refractivity contribution in [2.45, 2.75) is 25.0 Å². The molecule has 3 rings (SSSR count). The van der Waals surface area contributed by atoms with Crippen LogP contribution in [0.1, 0.15) is 30.1 Å². The summed E-state index contributed by atoms with van der Waals surface area (Å²) >= 11 is 0. The van der Waals surface area contributed by atoms with E-state index in [4.69, 9.17) is 4.74 Å². The Labute approximate surface area is 155 Å². The second-order valence-corrected chi connectivity index (χ2v) is 6.16. The van der Waals surface area contributed by atoms with Gasteiger partial charge in [0.2, 0.25) is 6.10 Å². The van der Waals surface area contributed by atoms with Gasteiger partial charge >= 0.3 is 5.97 Å². The number of carbonyl (C=O) groups is 2. The predicted molar refractivity (Wildman–Crippen MR) is 98.6 cm³/mol. The predicted octanol–water partition coefficient (Wildman–Crippen LogP) is 3.17. The van der Waals surface area contributed by atoms with E-state index in [0.717, 1.165) is 18.9 Å². The van der Waals surface area contributed by atoms with Crippen LogP contribution in [0.3, 0.4) is 0 Å². The summed E-state index contributed by atoms with van der Waals surface area (Å²) in [6.07, 6.45) is 3.15. The maximum Gasteiger partial charge on any atom is 0.331 e. The molecule has 0 radical (unpaired) electrons. The summed E-state index contributed by atoms with van der Waals surface area (Å²) in [6.45, 7) is 0. The van der Waals surface area contributed by atoms with Crippen LogP contribution in [0.2, 0.25) is 0 Å². The number of benzene rings is 2. The van der Waals surface area contributed by atoms with Gasteiger partial charge in [0.25, 0.3) is 11.6 Å². The monoisotopic (exact) mass is 366 g/mol. The molecule has 0 heterocycles. The standard InChI is InChI=1S/C20H18N2O5/c23-18(13-10-14-6-4-5-9-17(14)22(25)26)27-19(15-7-2-1-3-8-15)20(24)21-16-11-12-16/h1-10,13,16,19H,11-12H2,(H,21,24)/b13-10+. The zero-order valence-corrected chi connectivity index (χ0v) is 14.4. The average Bonchev–Trinajstić information content (AvgIpc) is 3.49. The van der Waals surface area contributed by atoms with Crippen molar-refractivity contribution in [2.75, 3.05) is 0 Å². The Morgan fingerprint density at radius 1 is 1.11 bits per heavy atom. The molecular weight excluding hydrogens is 348 g/mol. The van der Waals surface area contributed by atoms with Crippen molar-refractivity contribution >= 4 is 23.6 Å². The van der Waals surface area contributed by atoms with Crippen LogP contribution in [0.4, 0.5) is 5.69 Å². The summed E-state index contributed by atoms with van der Waals surface area (Å²) in [5, 5.41) is 13.9. The first-order valence-corrected chi connectivity index (χ1v) is 8.52. The van der Waals surface area contributed by atoms with Crippen LogP contribution < -0.4 is 5.32 Å². The van der Waals surface area contributed by atoms with Gasteiger partial charge in [0.05, 0.1) is 10.5 Å². The zero-order valence-electron chi connectivity index (χ0n) is 14.4. The van der Waals surface area contributed by atoms with Crippen LogP contribution in [0.25, 0.3) is 6.08 Å². The third kappa shape index (κ3) is 5.01. The number of carbonyl (C=O) groups excluding carboxylic acids is 2. The highest BCUT2D eigenvalue weighted by Crippen LogP contribution is 2.24. The first kappa shape index (κ1) is 18.3. The van der Waals surface area contributed by atoms with Crippen molar-refractivity contribution in [3.8, 4) is 0 Å². The number of nitro benzene ring substituents is 1. The second kappa shape index (κ2) is 8.27. The lowest BCUT2D eigenvalue weighted by molar-refractivity contribution is -0.385. The highest BCUT2D eigenvalue weighted by molar-refractivity contribution is 5.91. The number of para-hydroxylation sites is 1. The number of nitrogens with zero attached hydrogens (tertiary/aromatic N) is 1. The van der Waals surface area contributed by atoms with Gasteiger partial charge in [-0.05, 0) is 25.0 Å². The van der Waals surface area contributed by atoms with Gasteiger partial charge in [0.15, 0.2) is 0 Å². The molecular formula is C20H18N2O5. The maximum atomic E-state index is 12.4. The summed E-state index contributed by atoms with van der Waals surface area (Å²) in [4.78, 5) is 35.2. The molecule has 0 bridgehead atoms. The fourth-order valence-corrected chi connectivity index (χ4v) is 2.51. The van der Waals surface area contributed by atoms with Gasteiger partial charge in [-0.2, -0.15) is 0 Å². The van der Waals surface area contributed by atoms with Crippen LogP contribution in [-0.4, -0.2) is 22.8 Å². The number of nitrogens with one attached hydrogen (secondary N) is 1. The molecule has 27 heavy (non-hydrogen) atoms. The van der Waals surface area contributed by atoms with E-state index in [0.29, 0.717) is 5.56 Å². The van der Waals surface area contributed by atoms with Gasteiger partial charge in [-0.15, -0.1) is 0 Å². The topological polar surface area (TPSA) is 98.5 Å². The quantitative estimate of drug-likeness (QED) is 0.351. The molecule has 2 aromatic carbocycles. The minimum absolute atomic E-state index is 0.118. The van der Waals surface area contributed by atoms with Crippen LogP contribution in [0, 0.1) is 10.1 Å². The van der Waals surface area contributed by atoms with Crippen LogP contribution in [0.5, 0.6) is 0 Å². The van der Waals surface area contributed by atoms with Crippen LogP contribution in [0.15, 0.2) is 60.7 Å². The molecule has 1 fully saturated rings. The number of hydrogen-bond donors (Lipinski definition) is 1. The Kier molecular flexibility index (Phi) is 5.61. The van der Waals surface area contributed by atoms with Crippen LogP contribution >= 0.6 is 0 Å². The number of nitro groups is 1. The van der Waals surface area contributed by atoms with E-state index in [2.05, 4.69) is 5.32 Å². The highest BCUT2D eigenvalue weighted by Gasteiger charge is 2.30. The molecule has 7 heteroatoms. The number of rotatable bonds is 7. The van der Waals surface area contributed by atoms with E-state index < -0.39 is 17.0 Å². The van der Waals surface area contributed by atoms with Gasteiger partial charge < -0.3 is 10.1 Å². The van der Waals surface area contributed by atoms with Gasteiger partial charge in [0.1, 0.15) is 0 Å².